The molecule has 0 spiro atoms. The van der Waals surface area contributed by atoms with Gasteiger partial charge in [-0.3, -0.25) is 4.79 Å². The van der Waals surface area contributed by atoms with E-state index in [9.17, 15) is 13.2 Å². The van der Waals surface area contributed by atoms with Crippen LogP contribution in [0.1, 0.15) is 46.0 Å². The fourth-order valence-corrected chi connectivity index (χ4v) is 3.75. The van der Waals surface area contributed by atoms with Crippen molar-refractivity contribution in [1.29, 1.82) is 0 Å². The van der Waals surface area contributed by atoms with Crippen LogP contribution in [0.3, 0.4) is 0 Å². The summed E-state index contributed by atoms with van der Waals surface area (Å²) in [7, 11) is -2.86. The molecule has 112 valence electrons. The molecule has 3 N–H and O–H groups in total. The number of carbonyl (C=O) groups is 1. The Morgan fingerprint density at radius 2 is 1.84 bits per heavy atom. The number of sulfone groups is 1. The maximum atomic E-state index is 12.0. The van der Waals surface area contributed by atoms with E-state index in [1.165, 1.54) is 0 Å². The highest BCUT2D eigenvalue weighted by Crippen LogP contribution is 2.14. The molecular weight excluding hydrogens is 264 g/mol. The molecule has 1 amide bonds. The van der Waals surface area contributed by atoms with Gasteiger partial charge in [0.05, 0.1) is 11.5 Å². The van der Waals surface area contributed by atoms with Gasteiger partial charge < -0.3 is 11.1 Å². The molecule has 0 aromatic carbocycles. The molecule has 2 atom stereocenters. The molecule has 1 aliphatic heterocycles. The van der Waals surface area contributed by atoms with Crippen LogP contribution in [0.15, 0.2) is 0 Å². The van der Waals surface area contributed by atoms with Crippen molar-refractivity contribution in [2.45, 2.75) is 58.0 Å². The van der Waals surface area contributed by atoms with Crippen molar-refractivity contribution in [2.75, 3.05) is 11.5 Å². The normalized spacial score (nSPS) is 22.7. The highest BCUT2D eigenvalue weighted by atomic mass is 32.2. The summed E-state index contributed by atoms with van der Waals surface area (Å²) in [5.74, 6) is 0.389. The summed E-state index contributed by atoms with van der Waals surface area (Å²) >= 11 is 0. The predicted octanol–water partition coefficient (Wildman–Crippen LogP) is 0.833. The minimum Gasteiger partial charge on any atom is -0.353 e. The second kappa shape index (κ2) is 7.24. The first-order valence-corrected chi connectivity index (χ1v) is 8.88. The number of carbonyl (C=O) groups excluding carboxylic acids is 1. The molecule has 1 saturated heterocycles. The lowest BCUT2D eigenvalue weighted by atomic mass is 10.0. The largest absolute Gasteiger partial charge is 0.353 e. The monoisotopic (exact) mass is 290 g/mol. The summed E-state index contributed by atoms with van der Waals surface area (Å²) in [6, 6.07) is 0.200. The lowest BCUT2D eigenvalue weighted by Gasteiger charge is -2.24. The maximum Gasteiger partial charge on any atom is 0.223 e. The zero-order valence-electron chi connectivity index (χ0n) is 11.9. The zero-order valence-corrected chi connectivity index (χ0v) is 12.7. The fraction of sp³-hybridized carbons (Fsp3) is 0.923. The summed E-state index contributed by atoms with van der Waals surface area (Å²) in [4.78, 5) is 12.0. The van der Waals surface area contributed by atoms with E-state index in [1.54, 1.807) is 0 Å². The first-order chi connectivity index (χ1) is 8.80. The Balaban J connectivity index is 2.27. The molecule has 0 aliphatic carbocycles. The average Bonchev–Trinajstić information content (AvgIpc) is 2.31. The molecular formula is C13H26N2O3S. The molecule has 1 fully saturated rings. The second-order valence-electron chi connectivity index (χ2n) is 5.74. The van der Waals surface area contributed by atoms with E-state index >= 15 is 0 Å². The predicted molar refractivity (Wildman–Crippen MR) is 76.5 cm³/mol. The minimum absolute atomic E-state index is 0.0203. The molecule has 0 aromatic rings. The van der Waals surface area contributed by atoms with Gasteiger partial charge in [-0.1, -0.05) is 13.3 Å². The van der Waals surface area contributed by atoms with Crippen molar-refractivity contribution < 1.29 is 13.2 Å². The number of nitrogens with two attached hydrogens (primary N) is 1. The van der Waals surface area contributed by atoms with E-state index in [0.717, 1.165) is 19.3 Å². The van der Waals surface area contributed by atoms with Crippen LogP contribution in [0.25, 0.3) is 0 Å². The number of hydrogen-bond acceptors (Lipinski definition) is 4. The van der Waals surface area contributed by atoms with Crippen molar-refractivity contribution in [3.63, 3.8) is 0 Å². The third-order valence-electron chi connectivity index (χ3n) is 3.65. The van der Waals surface area contributed by atoms with Crippen LogP contribution in [0, 0.1) is 5.92 Å². The Morgan fingerprint density at radius 1 is 1.26 bits per heavy atom. The molecule has 1 rings (SSSR count). The number of hydrogen-bond donors (Lipinski definition) is 2. The Kier molecular flexibility index (Phi) is 6.26. The van der Waals surface area contributed by atoms with Gasteiger partial charge in [-0.2, -0.15) is 0 Å². The molecule has 2 unspecified atom stereocenters. The van der Waals surface area contributed by atoms with Crippen molar-refractivity contribution in [3.8, 4) is 0 Å². The molecule has 6 heteroatoms. The summed E-state index contributed by atoms with van der Waals surface area (Å²) in [6.45, 7) is 3.88. The van der Waals surface area contributed by atoms with Crippen LogP contribution >= 0.6 is 0 Å². The van der Waals surface area contributed by atoms with Gasteiger partial charge in [-0.05, 0) is 32.6 Å². The number of amides is 1. The van der Waals surface area contributed by atoms with Gasteiger partial charge in [0, 0.05) is 18.0 Å². The quantitative estimate of drug-likeness (QED) is 0.758. The van der Waals surface area contributed by atoms with Crippen LogP contribution in [0.2, 0.25) is 0 Å². The SMILES string of the molecule is CC(N)CCCC(C)C(=O)NC1CCS(=O)(=O)CC1. The molecule has 0 bridgehead atoms. The van der Waals surface area contributed by atoms with Crippen molar-refractivity contribution in [1.82, 2.24) is 5.32 Å². The third kappa shape index (κ3) is 6.38. The average molecular weight is 290 g/mol. The van der Waals surface area contributed by atoms with Crippen molar-refractivity contribution in [3.05, 3.63) is 0 Å². The molecule has 0 saturated carbocycles. The molecule has 0 radical (unpaired) electrons. The van der Waals surface area contributed by atoms with Crippen LogP contribution < -0.4 is 11.1 Å². The molecule has 19 heavy (non-hydrogen) atoms. The fourth-order valence-electron chi connectivity index (χ4n) is 2.25. The van der Waals surface area contributed by atoms with E-state index < -0.39 is 9.84 Å². The van der Waals surface area contributed by atoms with E-state index in [2.05, 4.69) is 5.32 Å². The Morgan fingerprint density at radius 3 is 2.37 bits per heavy atom. The van der Waals surface area contributed by atoms with Gasteiger partial charge >= 0.3 is 0 Å². The number of nitrogens with one attached hydrogen (secondary N) is 1. The van der Waals surface area contributed by atoms with Crippen molar-refractivity contribution >= 4 is 15.7 Å². The Bertz CT molecular complexity index is 379. The van der Waals surface area contributed by atoms with Gasteiger partial charge in [0.15, 0.2) is 0 Å². The molecule has 1 aliphatic rings. The van der Waals surface area contributed by atoms with Gasteiger partial charge in [-0.25, -0.2) is 8.42 Å². The number of rotatable bonds is 6. The van der Waals surface area contributed by atoms with Crippen LogP contribution in [-0.2, 0) is 14.6 Å². The first-order valence-electron chi connectivity index (χ1n) is 7.06. The lowest BCUT2D eigenvalue weighted by molar-refractivity contribution is -0.125. The maximum absolute atomic E-state index is 12.0. The van der Waals surface area contributed by atoms with E-state index in [0.29, 0.717) is 12.8 Å². The molecule has 1 heterocycles. The van der Waals surface area contributed by atoms with Gasteiger partial charge in [0.25, 0.3) is 0 Å². The standard InChI is InChI=1S/C13H26N2O3S/c1-10(4-3-5-11(2)14)13(16)15-12-6-8-19(17,18)9-7-12/h10-12H,3-9,14H2,1-2H3,(H,15,16). The summed E-state index contributed by atoms with van der Waals surface area (Å²) < 4.78 is 22.6. The van der Waals surface area contributed by atoms with Gasteiger partial charge in [0.2, 0.25) is 5.91 Å². The van der Waals surface area contributed by atoms with E-state index in [1.807, 2.05) is 13.8 Å². The highest BCUT2D eigenvalue weighted by Gasteiger charge is 2.25. The van der Waals surface area contributed by atoms with Crippen molar-refractivity contribution in [2.24, 2.45) is 11.7 Å². The third-order valence-corrected chi connectivity index (χ3v) is 5.36. The molecule has 0 aromatic heterocycles. The summed E-state index contributed by atoms with van der Waals surface area (Å²) in [5, 5.41) is 2.96. The Hall–Kier alpha value is -0.620. The first kappa shape index (κ1) is 16.4. The Labute approximate surface area is 116 Å². The summed E-state index contributed by atoms with van der Waals surface area (Å²) in [6.07, 6.45) is 3.80. The highest BCUT2D eigenvalue weighted by molar-refractivity contribution is 7.91. The van der Waals surface area contributed by atoms with Crippen LogP contribution in [0.4, 0.5) is 0 Å². The van der Waals surface area contributed by atoms with E-state index in [4.69, 9.17) is 5.73 Å². The minimum atomic E-state index is -2.86. The van der Waals surface area contributed by atoms with Crippen LogP contribution in [-0.4, -0.2) is 37.9 Å². The topological polar surface area (TPSA) is 89.3 Å². The van der Waals surface area contributed by atoms with Gasteiger partial charge in [0.1, 0.15) is 9.84 Å². The lowest BCUT2D eigenvalue weighted by Crippen LogP contribution is -2.42. The van der Waals surface area contributed by atoms with E-state index in [-0.39, 0.29) is 35.4 Å². The molecule has 5 nitrogen and oxygen atoms in total. The summed E-state index contributed by atoms with van der Waals surface area (Å²) in [5.41, 5.74) is 5.67. The second-order valence-corrected chi connectivity index (χ2v) is 8.05. The van der Waals surface area contributed by atoms with Crippen LogP contribution in [0.5, 0.6) is 0 Å². The zero-order chi connectivity index (χ0) is 14.5. The smallest absolute Gasteiger partial charge is 0.223 e. The van der Waals surface area contributed by atoms with Gasteiger partial charge in [-0.15, -0.1) is 0 Å².